The quantitative estimate of drug-likeness (QED) is 0.720. The first kappa shape index (κ1) is 11.9. The minimum atomic E-state index is 0.0686. The lowest BCUT2D eigenvalue weighted by Gasteiger charge is -2.17. The molecule has 4 nitrogen and oxygen atoms in total. The molecule has 2 fully saturated rings. The minimum Gasteiger partial charge on any atom is -0.355 e. The number of nitrogens with one attached hydrogen (secondary N) is 1. The van der Waals surface area contributed by atoms with Gasteiger partial charge in [0.15, 0.2) is 0 Å². The third kappa shape index (κ3) is 2.74. The second kappa shape index (κ2) is 5.15. The van der Waals surface area contributed by atoms with Crippen molar-refractivity contribution in [3.63, 3.8) is 0 Å². The number of likely N-dealkylation sites (tertiary alicyclic amines) is 1. The van der Waals surface area contributed by atoms with Gasteiger partial charge >= 0.3 is 0 Å². The number of nitrogens with two attached hydrogens (primary N) is 1. The van der Waals surface area contributed by atoms with Gasteiger partial charge in [0.2, 0.25) is 5.91 Å². The van der Waals surface area contributed by atoms with Gasteiger partial charge in [0, 0.05) is 19.1 Å². The Morgan fingerprint density at radius 2 is 2.25 bits per heavy atom. The van der Waals surface area contributed by atoms with Gasteiger partial charge in [0.05, 0.1) is 5.92 Å². The zero-order valence-electron chi connectivity index (χ0n) is 10.1. The van der Waals surface area contributed by atoms with Gasteiger partial charge in [-0.3, -0.25) is 4.79 Å². The summed E-state index contributed by atoms with van der Waals surface area (Å²) in [6.45, 7) is 3.09. The molecule has 1 saturated carbocycles. The summed E-state index contributed by atoms with van der Waals surface area (Å²) in [5.74, 6) is 0.880. The summed E-state index contributed by atoms with van der Waals surface area (Å²) >= 11 is 0. The maximum atomic E-state index is 11.9. The second-order valence-corrected chi connectivity index (χ2v) is 5.36. The summed E-state index contributed by atoms with van der Waals surface area (Å²) in [6.07, 6.45) is 4.28. The Labute approximate surface area is 97.6 Å². The molecule has 0 aromatic carbocycles. The standard InChI is InChI=1S/C12H23N3O/c1-15-6-5-9(8-15)7-14-12(16)10-3-2-4-11(10)13/h9-11H,2-8,13H2,1H3,(H,14,16). The number of hydrogen-bond donors (Lipinski definition) is 2. The Morgan fingerprint density at radius 1 is 1.44 bits per heavy atom. The van der Waals surface area contributed by atoms with Gasteiger partial charge in [-0.1, -0.05) is 6.42 Å². The molecule has 1 saturated heterocycles. The molecule has 2 aliphatic rings. The van der Waals surface area contributed by atoms with Crippen LogP contribution in [0.25, 0.3) is 0 Å². The van der Waals surface area contributed by atoms with Crippen molar-refractivity contribution >= 4 is 5.91 Å². The van der Waals surface area contributed by atoms with Crippen molar-refractivity contribution in [1.82, 2.24) is 10.2 Å². The number of nitrogens with zero attached hydrogens (tertiary/aromatic N) is 1. The van der Waals surface area contributed by atoms with Crippen LogP contribution < -0.4 is 11.1 Å². The highest BCUT2D eigenvalue weighted by Gasteiger charge is 2.30. The van der Waals surface area contributed by atoms with E-state index in [9.17, 15) is 4.79 Å². The molecular formula is C12H23N3O. The van der Waals surface area contributed by atoms with E-state index in [1.807, 2.05) is 0 Å². The highest BCUT2D eigenvalue weighted by Crippen LogP contribution is 2.24. The van der Waals surface area contributed by atoms with E-state index < -0.39 is 0 Å². The smallest absolute Gasteiger partial charge is 0.224 e. The highest BCUT2D eigenvalue weighted by atomic mass is 16.1. The Balaban J connectivity index is 1.71. The maximum absolute atomic E-state index is 11.9. The monoisotopic (exact) mass is 225 g/mol. The van der Waals surface area contributed by atoms with Crippen LogP contribution in [-0.2, 0) is 4.79 Å². The van der Waals surface area contributed by atoms with Crippen molar-refractivity contribution in [3.8, 4) is 0 Å². The zero-order chi connectivity index (χ0) is 11.5. The average molecular weight is 225 g/mol. The molecule has 1 aliphatic heterocycles. The molecule has 3 atom stereocenters. The van der Waals surface area contributed by atoms with E-state index in [2.05, 4.69) is 17.3 Å². The first-order valence-electron chi connectivity index (χ1n) is 6.38. The van der Waals surface area contributed by atoms with Gasteiger partial charge in [0.25, 0.3) is 0 Å². The normalized spacial score (nSPS) is 35.5. The molecule has 0 aromatic rings. The Morgan fingerprint density at radius 3 is 2.81 bits per heavy atom. The van der Waals surface area contributed by atoms with Crippen molar-refractivity contribution in [1.29, 1.82) is 0 Å². The predicted octanol–water partition coefficient (Wildman–Crippen LogP) is 0.182. The lowest BCUT2D eigenvalue weighted by molar-refractivity contribution is -0.125. The first-order valence-corrected chi connectivity index (χ1v) is 6.38. The summed E-state index contributed by atoms with van der Waals surface area (Å²) < 4.78 is 0. The fourth-order valence-corrected chi connectivity index (χ4v) is 2.88. The second-order valence-electron chi connectivity index (χ2n) is 5.36. The molecule has 92 valence electrons. The minimum absolute atomic E-state index is 0.0686. The molecule has 0 aromatic heterocycles. The summed E-state index contributed by atoms with van der Waals surface area (Å²) in [6, 6.07) is 0.0891. The van der Waals surface area contributed by atoms with Gasteiger partial charge in [-0.05, 0) is 38.8 Å². The Hall–Kier alpha value is -0.610. The van der Waals surface area contributed by atoms with Crippen molar-refractivity contribution in [2.45, 2.75) is 31.7 Å². The topological polar surface area (TPSA) is 58.4 Å². The van der Waals surface area contributed by atoms with Crippen molar-refractivity contribution in [2.24, 2.45) is 17.6 Å². The van der Waals surface area contributed by atoms with Crippen LogP contribution in [0.15, 0.2) is 0 Å². The molecule has 16 heavy (non-hydrogen) atoms. The Kier molecular flexibility index (Phi) is 3.82. The van der Waals surface area contributed by atoms with Crippen LogP contribution in [-0.4, -0.2) is 43.5 Å². The van der Waals surface area contributed by atoms with Crippen molar-refractivity contribution in [2.75, 3.05) is 26.7 Å². The molecule has 4 heteroatoms. The number of carbonyl (C=O) groups is 1. The van der Waals surface area contributed by atoms with Crippen LogP contribution in [0.4, 0.5) is 0 Å². The lowest BCUT2D eigenvalue weighted by Crippen LogP contribution is -2.40. The van der Waals surface area contributed by atoms with Crippen molar-refractivity contribution < 1.29 is 4.79 Å². The van der Waals surface area contributed by atoms with E-state index in [0.717, 1.165) is 38.9 Å². The molecule has 0 spiro atoms. The Bertz CT molecular complexity index is 257. The molecule has 0 bridgehead atoms. The highest BCUT2D eigenvalue weighted by molar-refractivity contribution is 5.79. The lowest BCUT2D eigenvalue weighted by atomic mass is 10.0. The third-order valence-corrected chi connectivity index (χ3v) is 3.96. The molecule has 1 aliphatic carbocycles. The van der Waals surface area contributed by atoms with E-state index >= 15 is 0 Å². The van der Waals surface area contributed by atoms with Gasteiger partial charge in [0.1, 0.15) is 0 Å². The van der Waals surface area contributed by atoms with E-state index in [1.165, 1.54) is 6.42 Å². The van der Waals surface area contributed by atoms with Crippen LogP contribution >= 0.6 is 0 Å². The zero-order valence-corrected chi connectivity index (χ0v) is 10.1. The maximum Gasteiger partial charge on any atom is 0.224 e. The van der Waals surface area contributed by atoms with E-state index in [-0.39, 0.29) is 17.9 Å². The summed E-state index contributed by atoms with van der Waals surface area (Å²) in [7, 11) is 2.13. The van der Waals surface area contributed by atoms with Crippen molar-refractivity contribution in [3.05, 3.63) is 0 Å². The molecule has 0 radical (unpaired) electrons. The van der Waals surface area contributed by atoms with E-state index in [4.69, 9.17) is 5.73 Å². The van der Waals surface area contributed by atoms with E-state index in [0.29, 0.717) is 5.92 Å². The average Bonchev–Trinajstić information content (AvgIpc) is 2.84. The SMILES string of the molecule is CN1CCC(CNC(=O)C2CCCC2N)C1. The van der Waals surface area contributed by atoms with Crippen LogP contribution in [0.2, 0.25) is 0 Å². The van der Waals surface area contributed by atoms with E-state index in [1.54, 1.807) is 0 Å². The van der Waals surface area contributed by atoms with Gasteiger partial charge in [-0.15, -0.1) is 0 Å². The molecule has 1 heterocycles. The molecular weight excluding hydrogens is 202 g/mol. The number of hydrogen-bond acceptors (Lipinski definition) is 3. The largest absolute Gasteiger partial charge is 0.355 e. The molecule has 3 unspecified atom stereocenters. The summed E-state index contributed by atoms with van der Waals surface area (Å²) in [5.41, 5.74) is 5.92. The molecule has 3 N–H and O–H groups in total. The van der Waals surface area contributed by atoms with Gasteiger partial charge in [-0.25, -0.2) is 0 Å². The van der Waals surface area contributed by atoms with Crippen LogP contribution in [0, 0.1) is 11.8 Å². The number of amides is 1. The molecule has 2 rings (SSSR count). The fourth-order valence-electron chi connectivity index (χ4n) is 2.88. The molecule has 1 amide bonds. The number of rotatable bonds is 3. The number of carbonyl (C=O) groups excluding carboxylic acids is 1. The van der Waals surface area contributed by atoms with Gasteiger partial charge < -0.3 is 16.0 Å². The van der Waals surface area contributed by atoms with Crippen LogP contribution in [0.1, 0.15) is 25.7 Å². The summed E-state index contributed by atoms with van der Waals surface area (Å²) in [5, 5.41) is 3.07. The predicted molar refractivity (Wildman–Crippen MR) is 63.9 cm³/mol. The van der Waals surface area contributed by atoms with Crippen LogP contribution in [0.3, 0.4) is 0 Å². The third-order valence-electron chi connectivity index (χ3n) is 3.96. The summed E-state index contributed by atoms with van der Waals surface area (Å²) in [4.78, 5) is 14.2. The fraction of sp³-hybridized carbons (Fsp3) is 0.917. The van der Waals surface area contributed by atoms with Crippen LogP contribution in [0.5, 0.6) is 0 Å². The first-order chi connectivity index (χ1) is 7.66. The van der Waals surface area contributed by atoms with Gasteiger partial charge in [-0.2, -0.15) is 0 Å².